The molecule has 0 bridgehead atoms. The van der Waals surface area contributed by atoms with Crippen LogP contribution in [0.1, 0.15) is 36.8 Å². The summed E-state index contributed by atoms with van der Waals surface area (Å²) >= 11 is 5.96. The van der Waals surface area contributed by atoms with E-state index in [4.69, 9.17) is 22.1 Å². The molecule has 0 saturated carbocycles. The lowest BCUT2D eigenvalue weighted by atomic mass is 9.96. The molecule has 5 heteroatoms. The Morgan fingerprint density at radius 1 is 1.03 bits per heavy atom. The van der Waals surface area contributed by atoms with Gasteiger partial charge in [-0.1, -0.05) is 41.9 Å². The first-order chi connectivity index (χ1) is 14.1. The van der Waals surface area contributed by atoms with Crippen LogP contribution in [0, 0.1) is 5.92 Å². The number of para-hydroxylation sites is 1. The molecule has 156 valence electrons. The Hall–Kier alpha value is -2.04. The number of halogens is 1. The second kappa shape index (κ2) is 11.2. The van der Waals surface area contributed by atoms with Gasteiger partial charge in [-0.05, 0) is 87.5 Å². The lowest BCUT2D eigenvalue weighted by Gasteiger charge is -2.30. The summed E-state index contributed by atoms with van der Waals surface area (Å²) in [7, 11) is 0. The summed E-state index contributed by atoms with van der Waals surface area (Å²) in [5.74, 6) is 0.912. The van der Waals surface area contributed by atoms with E-state index in [0.29, 0.717) is 0 Å². The number of carbonyl (C=O) groups excluding carboxylic acids is 1. The largest absolute Gasteiger partial charge is 0.493 e. The number of nitrogens with zero attached hydrogens (tertiary/aromatic N) is 1. The fourth-order valence-electron chi connectivity index (χ4n) is 3.84. The fourth-order valence-corrected chi connectivity index (χ4v) is 3.97. The summed E-state index contributed by atoms with van der Waals surface area (Å²) in [4.78, 5) is 13.7. The van der Waals surface area contributed by atoms with Gasteiger partial charge in [0, 0.05) is 10.9 Å². The van der Waals surface area contributed by atoms with Gasteiger partial charge in [-0.15, -0.1) is 0 Å². The van der Waals surface area contributed by atoms with E-state index in [-0.39, 0.29) is 11.8 Å². The highest BCUT2D eigenvalue weighted by Crippen LogP contribution is 2.21. The highest BCUT2D eigenvalue weighted by Gasteiger charge is 2.22. The molecule has 1 amide bonds. The van der Waals surface area contributed by atoms with Crippen LogP contribution >= 0.6 is 11.6 Å². The molecule has 0 aromatic heterocycles. The van der Waals surface area contributed by atoms with Crippen LogP contribution in [0.15, 0.2) is 48.5 Å². The molecule has 0 spiro atoms. The number of amides is 1. The van der Waals surface area contributed by atoms with Crippen LogP contribution in [0.3, 0.4) is 0 Å². The maximum absolute atomic E-state index is 11.2. The first-order valence-corrected chi connectivity index (χ1v) is 11.0. The molecule has 0 radical (unpaired) electrons. The number of hydrogen-bond donors (Lipinski definition) is 1. The van der Waals surface area contributed by atoms with Gasteiger partial charge >= 0.3 is 0 Å². The molecular formula is C24H31ClN2O2. The molecule has 2 aromatic carbocycles. The molecule has 0 atom stereocenters. The number of ether oxygens (including phenoxy) is 1. The molecule has 1 aliphatic heterocycles. The Bertz CT molecular complexity index is 771. The maximum atomic E-state index is 11.2. The van der Waals surface area contributed by atoms with Gasteiger partial charge in [-0.3, -0.25) is 4.79 Å². The van der Waals surface area contributed by atoms with Crippen molar-refractivity contribution in [1.82, 2.24) is 4.90 Å². The quantitative estimate of drug-likeness (QED) is 0.583. The first kappa shape index (κ1) is 21.7. The van der Waals surface area contributed by atoms with Gasteiger partial charge in [0.1, 0.15) is 5.75 Å². The van der Waals surface area contributed by atoms with Crippen molar-refractivity contribution in [2.45, 2.75) is 38.5 Å². The third-order valence-electron chi connectivity index (χ3n) is 5.69. The maximum Gasteiger partial charge on any atom is 0.220 e. The van der Waals surface area contributed by atoms with E-state index < -0.39 is 0 Å². The molecule has 1 fully saturated rings. The average Bonchev–Trinajstić information content (AvgIpc) is 2.74. The molecule has 2 aromatic rings. The normalized spacial score (nSPS) is 15.3. The predicted molar refractivity (Wildman–Crippen MR) is 118 cm³/mol. The average molecular weight is 415 g/mol. The van der Waals surface area contributed by atoms with Crippen molar-refractivity contribution < 1.29 is 9.53 Å². The summed E-state index contributed by atoms with van der Waals surface area (Å²) in [5.41, 5.74) is 7.93. The van der Waals surface area contributed by atoms with Crippen molar-refractivity contribution in [3.63, 3.8) is 0 Å². The topological polar surface area (TPSA) is 55.6 Å². The van der Waals surface area contributed by atoms with Gasteiger partial charge in [0.25, 0.3) is 0 Å². The molecule has 3 rings (SSSR count). The second-order valence-electron chi connectivity index (χ2n) is 7.81. The van der Waals surface area contributed by atoms with E-state index in [0.717, 1.165) is 75.5 Å². The molecule has 4 nitrogen and oxygen atoms in total. The van der Waals surface area contributed by atoms with Gasteiger partial charge in [-0.2, -0.15) is 0 Å². The molecule has 0 aliphatic carbocycles. The van der Waals surface area contributed by atoms with Crippen LogP contribution in [-0.4, -0.2) is 37.0 Å². The van der Waals surface area contributed by atoms with Crippen LogP contribution in [-0.2, 0) is 17.6 Å². The zero-order valence-electron chi connectivity index (χ0n) is 17.0. The Labute approximate surface area is 179 Å². The Morgan fingerprint density at radius 3 is 2.48 bits per heavy atom. The van der Waals surface area contributed by atoms with Crippen molar-refractivity contribution in [3.05, 3.63) is 64.7 Å². The molecule has 2 N–H and O–H groups in total. The number of benzene rings is 2. The van der Waals surface area contributed by atoms with Crippen molar-refractivity contribution in [2.24, 2.45) is 11.7 Å². The Kier molecular flexibility index (Phi) is 8.38. The number of carbonyl (C=O) groups is 1. The monoisotopic (exact) mass is 414 g/mol. The summed E-state index contributed by atoms with van der Waals surface area (Å²) in [6.07, 6.45) is 5.85. The number of nitrogens with two attached hydrogens (primary N) is 1. The highest BCUT2D eigenvalue weighted by atomic mass is 35.5. The molecule has 29 heavy (non-hydrogen) atoms. The fraction of sp³-hybridized carbons (Fsp3) is 0.458. The van der Waals surface area contributed by atoms with Crippen LogP contribution in [0.5, 0.6) is 5.75 Å². The van der Waals surface area contributed by atoms with E-state index in [1.807, 2.05) is 18.2 Å². The van der Waals surface area contributed by atoms with Gasteiger partial charge in [0.15, 0.2) is 0 Å². The molecule has 1 saturated heterocycles. The number of aryl methyl sites for hydroxylation is 2. The van der Waals surface area contributed by atoms with Gasteiger partial charge in [0.05, 0.1) is 6.61 Å². The van der Waals surface area contributed by atoms with Crippen molar-refractivity contribution in [1.29, 1.82) is 0 Å². The van der Waals surface area contributed by atoms with Crippen LogP contribution in [0.4, 0.5) is 0 Å². The minimum absolute atomic E-state index is 0.0685. The highest BCUT2D eigenvalue weighted by molar-refractivity contribution is 6.30. The van der Waals surface area contributed by atoms with E-state index in [1.165, 1.54) is 11.1 Å². The molecule has 0 unspecified atom stereocenters. The SMILES string of the molecule is NC(=O)C1CCN(CCCCOc2ccccc2CCc2ccc(Cl)cc2)CC1. The lowest BCUT2D eigenvalue weighted by molar-refractivity contribution is -0.123. The summed E-state index contributed by atoms with van der Waals surface area (Å²) < 4.78 is 6.08. The number of likely N-dealkylation sites (tertiary alicyclic amines) is 1. The number of rotatable bonds is 10. The number of piperidine rings is 1. The van der Waals surface area contributed by atoms with Crippen molar-refractivity contribution >= 4 is 17.5 Å². The second-order valence-corrected chi connectivity index (χ2v) is 8.24. The minimum Gasteiger partial charge on any atom is -0.493 e. The number of unbranched alkanes of at least 4 members (excludes halogenated alkanes) is 1. The molecule has 1 aliphatic rings. The van der Waals surface area contributed by atoms with Gasteiger partial charge < -0.3 is 15.4 Å². The third-order valence-corrected chi connectivity index (χ3v) is 5.94. The number of primary amides is 1. The summed E-state index contributed by atoms with van der Waals surface area (Å²) in [6.45, 7) is 3.74. The smallest absolute Gasteiger partial charge is 0.220 e. The van der Waals surface area contributed by atoms with Crippen LogP contribution in [0.2, 0.25) is 5.02 Å². The van der Waals surface area contributed by atoms with E-state index in [2.05, 4.69) is 35.2 Å². The minimum atomic E-state index is -0.146. The first-order valence-electron chi connectivity index (χ1n) is 10.6. The van der Waals surface area contributed by atoms with Crippen LogP contribution < -0.4 is 10.5 Å². The van der Waals surface area contributed by atoms with E-state index in [9.17, 15) is 4.79 Å². The summed E-state index contributed by atoms with van der Waals surface area (Å²) in [6, 6.07) is 16.4. The Morgan fingerprint density at radius 2 is 1.76 bits per heavy atom. The van der Waals surface area contributed by atoms with Gasteiger partial charge in [-0.25, -0.2) is 0 Å². The standard InChI is InChI=1S/C24H31ClN2O2/c25-22-11-8-19(9-12-22)7-10-20-5-1-2-6-23(20)29-18-4-3-15-27-16-13-21(14-17-27)24(26)28/h1-2,5-6,8-9,11-12,21H,3-4,7,10,13-18H2,(H2,26,28). The number of hydrogen-bond acceptors (Lipinski definition) is 3. The van der Waals surface area contributed by atoms with Crippen LogP contribution in [0.25, 0.3) is 0 Å². The zero-order chi connectivity index (χ0) is 20.5. The van der Waals surface area contributed by atoms with E-state index in [1.54, 1.807) is 0 Å². The molecule has 1 heterocycles. The predicted octanol–water partition coefficient (Wildman–Crippen LogP) is 4.48. The molecular weight excluding hydrogens is 384 g/mol. The third kappa shape index (κ3) is 7.06. The lowest BCUT2D eigenvalue weighted by Crippen LogP contribution is -2.38. The zero-order valence-corrected chi connectivity index (χ0v) is 17.7. The summed E-state index contributed by atoms with van der Waals surface area (Å²) in [5, 5.41) is 0.773. The van der Waals surface area contributed by atoms with E-state index >= 15 is 0 Å². The van der Waals surface area contributed by atoms with Crippen molar-refractivity contribution in [3.8, 4) is 5.75 Å². The van der Waals surface area contributed by atoms with Gasteiger partial charge in [0.2, 0.25) is 5.91 Å². The Balaban J connectivity index is 1.36. The van der Waals surface area contributed by atoms with Crippen molar-refractivity contribution in [2.75, 3.05) is 26.2 Å².